The van der Waals surface area contributed by atoms with Crippen LogP contribution in [-0.2, 0) is 9.53 Å². The monoisotopic (exact) mass is 297 g/mol. The van der Waals surface area contributed by atoms with Crippen LogP contribution in [0.4, 0.5) is 0 Å². The molecule has 0 aromatic carbocycles. The molecule has 0 radical (unpaired) electrons. The number of rotatable bonds is 5. The van der Waals surface area contributed by atoms with Gasteiger partial charge in [-0.2, -0.15) is 0 Å². The number of carbonyl (C=O) groups excluding carboxylic acids is 1. The normalized spacial score (nSPS) is 33.5. The number of amides is 1. The van der Waals surface area contributed by atoms with Gasteiger partial charge in [-0.3, -0.25) is 4.79 Å². The number of nitrogens with two attached hydrogens (primary N) is 1. The molecule has 0 spiro atoms. The predicted molar refractivity (Wildman–Crippen MR) is 84.0 cm³/mol. The Labute approximate surface area is 128 Å². The van der Waals surface area contributed by atoms with Crippen molar-refractivity contribution in [2.45, 2.75) is 64.6 Å². The van der Waals surface area contributed by atoms with Crippen LogP contribution in [0.2, 0.25) is 0 Å². The molecular weight excluding hydrogens is 266 g/mol. The summed E-state index contributed by atoms with van der Waals surface area (Å²) < 4.78 is 5.69. The smallest absolute Gasteiger partial charge is 0.241 e. The van der Waals surface area contributed by atoms with Crippen LogP contribution in [0.15, 0.2) is 0 Å². The van der Waals surface area contributed by atoms with E-state index >= 15 is 0 Å². The van der Waals surface area contributed by atoms with Gasteiger partial charge >= 0.3 is 0 Å². The van der Waals surface area contributed by atoms with E-state index in [9.17, 15) is 4.79 Å². The number of likely N-dealkylation sites (tertiary alicyclic amines) is 1. The molecule has 1 heterocycles. The van der Waals surface area contributed by atoms with Gasteiger partial charge in [0.2, 0.25) is 5.91 Å². The van der Waals surface area contributed by atoms with Crippen LogP contribution in [-0.4, -0.2) is 54.7 Å². The molecule has 3 N–H and O–H groups in total. The molecule has 1 aliphatic carbocycles. The highest BCUT2D eigenvalue weighted by atomic mass is 16.5. The molecule has 2 rings (SSSR count). The number of piperidine rings is 1. The molecule has 5 heteroatoms. The minimum Gasteiger partial charge on any atom is -0.378 e. The van der Waals surface area contributed by atoms with E-state index < -0.39 is 5.54 Å². The first-order valence-corrected chi connectivity index (χ1v) is 8.29. The summed E-state index contributed by atoms with van der Waals surface area (Å²) in [4.78, 5) is 15.0. The van der Waals surface area contributed by atoms with Crippen molar-refractivity contribution in [3.63, 3.8) is 0 Å². The van der Waals surface area contributed by atoms with E-state index in [0.29, 0.717) is 13.0 Å². The lowest BCUT2D eigenvalue weighted by molar-refractivity contribution is -0.171. The second-order valence-corrected chi connectivity index (χ2v) is 7.02. The third kappa shape index (κ3) is 2.96. The van der Waals surface area contributed by atoms with E-state index in [0.717, 1.165) is 32.5 Å². The van der Waals surface area contributed by atoms with Crippen LogP contribution in [0.25, 0.3) is 0 Å². The minimum absolute atomic E-state index is 0.00148. The van der Waals surface area contributed by atoms with Crippen molar-refractivity contribution in [2.24, 2.45) is 11.1 Å². The van der Waals surface area contributed by atoms with Crippen LogP contribution >= 0.6 is 0 Å². The highest BCUT2D eigenvalue weighted by Gasteiger charge is 2.63. The molecule has 0 aromatic heterocycles. The van der Waals surface area contributed by atoms with Crippen molar-refractivity contribution >= 4 is 5.91 Å². The third-order valence-corrected chi connectivity index (χ3v) is 5.61. The SMILES string of the molecule is CCOC1CC(N)(C(=O)NC2CCN(CC)CC2)C1(C)C. The molecule has 2 unspecified atom stereocenters. The van der Waals surface area contributed by atoms with Crippen LogP contribution < -0.4 is 11.1 Å². The zero-order valence-corrected chi connectivity index (χ0v) is 13.9. The van der Waals surface area contributed by atoms with E-state index in [1.165, 1.54) is 0 Å². The van der Waals surface area contributed by atoms with Crippen LogP contribution in [0.3, 0.4) is 0 Å². The molecule has 122 valence electrons. The van der Waals surface area contributed by atoms with Gasteiger partial charge in [0.1, 0.15) is 5.54 Å². The fourth-order valence-electron chi connectivity index (χ4n) is 3.53. The highest BCUT2D eigenvalue weighted by molar-refractivity contribution is 5.89. The van der Waals surface area contributed by atoms with Crippen molar-refractivity contribution < 1.29 is 9.53 Å². The predicted octanol–water partition coefficient (Wildman–Crippen LogP) is 1.12. The topological polar surface area (TPSA) is 67.6 Å². The summed E-state index contributed by atoms with van der Waals surface area (Å²) in [7, 11) is 0. The second kappa shape index (κ2) is 6.23. The third-order valence-electron chi connectivity index (χ3n) is 5.61. The molecule has 2 fully saturated rings. The number of ether oxygens (including phenoxy) is 1. The van der Waals surface area contributed by atoms with Gasteiger partial charge in [0.25, 0.3) is 0 Å². The fourth-order valence-corrected chi connectivity index (χ4v) is 3.53. The largest absolute Gasteiger partial charge is 0.378 e. The van der Waals surface area contributed by atoms with Crippen molar-refractivity contribution in [3.05, 3.63) is 0 Å². The summed E-state index contributed by atoms with van der Waals surface area (Å²) in [6, 6.07) is 0.266. The van der Waals surface area contributed by atoms with Crippen LogP contribution in [0, 0.1) is 5.41 Å². The highest BCUT2D eigenvalue weighted by Crippen LogP contribution is 2.49. The minimum atomic E-state index is -0.797. The Bertz CT molecular complexity index is 378. The summed E-state index contributed by atoms with van der Waals surface area (Å²) in [6.45, 7) is 12.1. The molecular formula is C16H31N3O2. The molecule has 21 heavy (non-hydrogen) atoms. The number of nitrogens with zero attached hydrogens (tertiary/aromatic N) is 1. The van der Waals surface area contributed by atoms with Crippen molar-refractivity contribution in [1.29, 1.82) is 0 Å². The Morgan fingerprint density at radius 2 is 1.95 bits per heavy atom. The van der Waals surface area contributed by atoms with Gasteiger partial charge in [-0.15, -0.1) is 0 Å². The lowest BCUT2D eigenvalue weighted by atomic mass is 9.54. The van der Waals surface area contributed by atoms with Crippen molar-refractivity contribution in [3.8, 4) is 0 Å². The standard InChI is InChI=1S/C16H31N3O2/c1-5-19-9-7-12(8-10-19)18-14(20)16(17)11-13(21-6-2)15(16,3)4/h12-13H,5-11,17H2,1-4H3,(H,18,20). The maximum atomic E-state index is 12.6. The van der Waals surface area contributed by atoms with Gasteiger partial charge in [0, 0.05) is 37.6 Å². The molecule has 2 aliphatic rings. The first-order chi connectivity index (χ1) is 9.85. The van der Waals surface area contributed by atoms with Gasteiger partial charge in [0.15, 0.2) is 0 Å². The maximum absolute atomic E-state index is 12.6. The Hall–Kier alpha value is -0.650. The van der Waals surface area contributed by atoms with E-state index in [4.69, 9.17) is 10.5 Å². The average Bonchev–Trinajstić information content (AvgIpc) is 2.47. The number of hydrogen-bond donors (Lipinski definition) is 2. The number of carbonyl (C=O) groups is 1. The molecule has 1 amide bonds. The molecule has 1 aliphatic heterocycles. The quantitative estimate of drug-likeness (QED) is 0.798. The van der Waals surface area contributed by atoms with Crippen molar-refractivity contribution in [1.82, 2.24) is 10.2 Å². The number of nitrogens with one attached hydrogen (secondary N) is 1. The van der Waals surface area contributed by atoms with Gasteiger partial charge in [-0.05, 0) is 26.3 Å². The summed E-state index contributed by atoms with van der Waals surface area (Å²) in [5.41, 5.74) is 5.31. The van der Waals surface area contributed by atoms with Crippen molar-refractivity contribution in [2.75, 3.05) is 26.2 Å². The van der Waals surface area contributed by atoms with Crippen LogP contribution in [0.5, 0.6) is 0 Å². The molecule has 1 saturated heterocycles. The zero-order chi connectivity index (χ0) is 15.7. The summed E-state index contributed by atoms with van der Waals surface area (Å²) in [5, 5.41) is 3.18. The fraction of sp³-hybridized carbons (Fsp3) is 0.938. The lowest BCUT2D eigenvalue weighted by Crippen LogP contribution is -2.76. The molecule has 2 atom stereocenters. The Kier molecular flexibility index (Phi) is 4.96. The first-order valence-electron chi connectivity index (χ1n) is 8.29. The van der Waals surface area contributed by atoms with E-state index in [1.807, 2.05) is 20.8 Å². The summed E-state index contributed by atoms with van der Waals surface area (Å²) in [5.74, 6) is -0.00148. The van der Waals surface area contributed by atoms with E-state index in [1.54, 1.807) is 0 Å². The van der Waals surface area contributed by atoms with E-state index in [2.05, 4.69) is 17.1 Å². The maximum Gasteiger partial charge on any atom is 0.241 e. The van der Waals surface area contributed by atoms with Gasteiger partial charge in [-0.1, -0.05) is 20.8 Å². The van der Waals surface area contributed by atoms with E-state index in [-0.39, 0.29) is 23.5 Å². The Morgan fingerprint density at radius 1 is 1.33 bits per heavy atom. The Balaban J connectivity index is 1.89. The van der Waals surface area contributed by atoms with Crippen LogP contribution in [0.1, 0.15) is 47.0 Å². The molecule has 5 nitrogen and oxygen atoms in total. The van der Waals surface area contributed by atoms with Gasteiger partial charge in [0.05, 0.1) is 6.10 Å². The molecule has 0 aromatic rings. The second-order valence-electron chi connectivity index (χ2n) is 7.02. The number of hydrogen-bond acceptors (Lipinski definition) is 4. The Morgan fingerprint density at radius 3 is 2.43 bits per heavy atom. The lowest BCUT2D eigenvalue weighted by Gasteiger charge is -2.57. The molecule has 0 bridgehead atoms. The first kappa shape index (κ1) is 16.7. The van der Waals surface area contributed by atoms with Gasteiger partial charge in [-0.25, -0.2) is 0 Å². The summed E-state index contributed by atoms with van der Waals surface area (Å²) in [6.07, 6.45) is 2.74. The summed E-state index contributed by atoms with van der Waals surface area (Å²) >= 11 is 0. The molecule has 1 saturated carbocycles. The zero-order valence-electron chi connectivity index (χ0n) is 13.9. The average molecular weight is 297 g/mol. The van der Waals surface area contributed by atoms with Gasteiger partial charge < -0.3 is 20.7 Å².